The summed E-state index contributed by atoms with van der Waals surface area (Å²) in [6.45, 7) is 0.478. The molecule has 124 valence electrons. The molecule has 1 atom stereocenters. The molecule has 2 N–H and O–H groups in total. The minimum atomic E-state index is -0.540. The molecule has 0 radical (unpaired) electrons. The van der Waals surface area contributed by atoms with Gasteiger partial charge in [-0.05, 0) is 18.1 Å². The molecule has 0 saturated heterocycles. The normalized spacial score (nSPS) is 11.3. The van der Waals surface area contributed by atoms with Crippen molar-refractivity contribution in [3.05, 3.63) is 65.7 Å². The van der Waals surface area contributed by atoms with Gasteiger partial charge in [-0.3, -0.25) is 4.79 Å². The van der Waals surface area contributed by atoms with Crippen molar-refractivity contribution in [3.63, 3.8) is 0 Å². The predicted molar refractivity (Wildman–Crippen MR) is 94.8 cm³/mol. The number of amides is 1. The maximum Gasteiger partial charge on any atom is 0.239 e. The Morgan fingerprint density at radius 2 is 1.74 bits per heavy atom. The van der Waals surface area contributed by atoms with Gasteiger partial charge in [0.15, 0.2) is 0 Å². The van der Waals surface area contributed by atoms with Gasteiger partial charge in [0, 0.05) is 19.2 Å². The van der Waals surface area contributed by atoms with E-state index in [2.05, 4.69) is 0 Å². The molecular weight excluding hydrogens is 312 g/mol. The third-order valence-electron chi connectivity index (χ3n) is 3.59. The fourth-order valence-electron chi connectivity index (χ4n) is 2.41. The number of halogens is 1. The Morgan fingerprint density at radius 1 is 1.13 bits per heavy atom. The summed E-state index contributed by atoms with van der Waals surface area (Å²) in [6, 6.07) is 16.9. The molecule has 23 heavy (non-hydrogen) atoms. The largest absolute Gasteiger partial charge is 0.496 e. The standard InChI is InChI=1S/C18H22N2O2.ClH/c1-20(13-15-10-6-7-11-17(15)22-2)18(21)16(19)12-14-8-4-3-5-9-14;/h3-11,16H,12-13,19H2,1-2H3;1H. The smallest absolute Gasteiger partial charge is 0.239 e. The third kappa shape index (κ3) is 5.27. The van der Waals surface area contributed by atoms with Crippen LogP contribution >= 0.6 is 12.4 Å². The SMILES string of the molecule is COc1ccccc1CN(C)C(=O)C(N)Cc1ccccc1.Cl. The lowest BCUT2D eigenvalue weighted by atomic mass is 10.1. The number of carbonyl (C=O) groups is 1. The Balaban J connectivity index is 0.00000264. The zero-order valence-electron chi connectivity index (χ0n) is 13.4. The second kappa shape index (κ2) is 9.18. The Kier molecular flexibility index (Phi) is 7.59. The fourth-order valence-corrected chi connectivity index (χ4v) is 2.41. The lowest BCUT2D eigenvalue weighted by molar-refractivity contribution is -0.131. The molecule has 0 spiro atoms. The summed E-state index contributed by atoms with van der Waals surface area (Å²) in [6.07, 6.45) is 0.538. The summed E-state index contributed by atoms with van der Waals surface area (Å²) < 4.78 is 5.31. The van der Waals surface area contributed by atoms with Gasteiger partial charge in [0.25, 0.3) is 0 Å². The first-order valence-corrected chi connectivity index (χ1v) is 7.28. The lowest BCUT2D eigenvalue weighted by Crippen LogP contribution is -2.42. The van der Waals surface area contributed by atoms with Crippen molar-refractivity contribution in [2.24, 2.45) is 5.73 Å². The van der Waals surface area contributed by atoms with E-state index in [0.29, 0.717) is 13.0 Å². The van der Waals surface area contributed by atoms with Crippen LogP contribution in [0.25, 0.3) is 0 Å². The van der Waals surface area contributed by atoms with Crippen molar-refractivity contribution in [3.8, 4) is 5.75 Å². The number of hydrogen-bond donors (Lipinski definition) is 1. The molecule has 0 bridgehead atoms. The molecule has 0 aliphatic carbocycles. The van der Waals surface area contributed by atoms with E-state index in [-0.39, 0.29) is 18.3 Å². The van der Waals surface area contributed by atoms with Crippen molar-refractivity contribution < 1.29 is 9.53 Å². The molecule has 4 nitrogen and oxygen atoms in total. The maximum absolute atomic E-state index is 12.4. The number of rotatable bonds is 6. The van der Waals surface area contributed by atoms with Crippen molar-refractivity contribution in [1.82, 2.24) is 4.90 Å². The molecule has 0 aliphatic heterocycles. The summed E-state index contributed by atoms with van der Waals surface area (Å²) >= 11 is 0. The number of benzene rings is 2. The van der Waals surface area contributed by atoms with Gasteiger partial charge < -0.3 is 15.4 Å². The van der Waals surface area contributed by atoms with Crippen LogP contribution in [0.3, 0.4) is 0 Å². The van der Waals surface area contributed by atoms with Gasteiger partial charge in [0.2, 0.25) is 5.91 Å². The number of likely N-dealkylation sites (N-methyl/N-ethyl adjacent to an activating group) is 1. The van der Waals surface area contributed by atoms with E-state index in [1.807, 2.05) is 54.6 Å². The highest BCUT2D eigenvalue weighted by atomic mass is 35.5. The fraction of sp³-hybridized carbons (Fsp3) is 0.278. The average Bonchev–Trinajstić information content (AvgIpc) is 2.55. The van der Waals surface area contributed by atoms with E-state index in [1.54, 1.807) is 19.1 Å². The second-order valence-corrected chi connectivity index (χ2v) is 5.30. The highest BCUT2D eigenvalue weighted by Crippen LogP contribution is 2.19. The Hall–Kier alpha value is -2.04. The molecule has 0 aromatic heterocycles. The Bertz CT molecular complexity index is 619. The Labute approximate surface area is 143 Å². The van der Waals surface area contributed by atoms with Crippen LogP contribution < -0.4 is 10.5 Å². The van der Waals surface area contributed by atoms with E-state index in [4.69, 9.17) is 10.5 Å². The van der Waals surface area contributed by atoms with Crippen LogP contribution in [0.15, 0.2) is 54.6 Å². The first-order valence-electron chi connectivity index (χ1n) is 7.28. The summed E-state index contributed by atoms with van der Waals surface area (Å²) in [7, 11) is 3.39. The molecule has 0 heterocycles. The van der Waals surface area contributed by atoms with E-state index < -0.39 is 6.04 Å². The number of carbonyl (C=O) groups excluding carboxylic acids is 1. The summed E-state index contributed by atoms with van der Waals surface area (Å²) in [5, 5.41) is 0. The van der Waals surface area contributed by atoms with Gasteiger partial charge in [-0.15, -0.1) is 12.4 Å². The van der Waals surface area contributed by atoms with Gasteiger partial charge in [0.1, 0.15) is 5.75 Å². The molecule has 0 saturated carbocycles. The van der Waals surface area contributed by atoms with Crippen molar-refractivity contribution in [1.29, 1.82) is 0 Å². The third-order valence-corrected chi connectivity index (χ3v) is 3.59. The summed E-state index contributed by atoms with van der Waals surface area (Å²) in [4.78, 5) is 14.1. The Morgan fingerprint density at radius 3 is 2.39 bits per heavy atom. The number of para-hydroxylation sites is 1. The van der Waals surface area contributed by atoms with Crippen LogP contribution in [0.1, 0.15) is 11.1 Å². The molecule has 2 rings (SSSR count). The summed E-state index contributed by atoms with van der Waals surface area (Å²) in [5.74, 6) is 0.702. The highest BCUT2D eigenvalue weighted by Gasteiger charge is 2.19. The van der Waals surface area contributed by atoms with E-state index in [0.717, 1.165) is 16.9 Å². The van der Waals surface area contributed by atoms with Gasteiger partial charge in [-0.1, -0.05) is 48.5 Å². The van der Waals surface area contributed by atoms with Gasteiger partial charge in [0.05, 0.1) is 13.2 Å². The molecule has 5 heteroatoms. The first-order chi connectivity index (χ1) is 10.6. The molecule has 1 amide bonds. The molecule has 2 aromatic rings. The van der Waals surface area contributed by atoms with Crippen molar-refractivity contribution in [2.75, 3.05) is 14.2 Å². The van der Waals surface area contributed by atoms with Crippen molar-refractivity contribution >= 4 is 18.3 Å². The molecule has 2 aromatic carbocycles. The molecule has 1 unspecified atom stereocenters. The van der Waals surface area contributed by atoms with Gasteiger partial charge in [-0.2, -0.15) is 0 Å². The van der Waals surface area contributed by atoms with Crippen LogP contribution in [0.2, 0.25) is 0 Å². The van der Waals surface area contributed by atoms with Crippen LogP contribution in [0.4, 0.5) is 0 Å². The monoisotopic (exact) mass is 334 g/mol. The van der Waals surface area contributed by atoms with Crippen LogP contribution in [0, 0.1) is 0 Å². The second-order valence-electron chi connectivity index (χ2n) is 5.30. The van der Waals surface area contributed by atoms with E-state index >= 15 is 0 Å². The summed E-state index contributed by atoms with van der Waals surface area (Å²) in [5.41, 5.74) is 8.08. The predicted octanol–water partition coefficient (Wildman–Crippen LogP) is 2.65. The van der Waals surface area contributed by atoms with E-state index in [1.165, 1.54) is 0 Å². The number of nitrogens with zero attached hydrogens (tertiary/aromatic N) is 1. The van der Waals surface area contributed by atoms with Crippen LogP contribution in [-0.2, 0) is 17.8 Å². The zero-order valence-corrected chi connectivity index (χ0v) is 14.3. The number of hydrogen-bond acceptors (Lipinski definition) is 3. The zero-order chi connectivity index (χ0) is 15.9. The van der Waals surface area contributed by atoms with Crippen LogP contribution in [0.5, 0.6) is 5.75 Å². The first kappa shape index (κ1) is 19.0. The topological polar surface area (TPSA) is 55.6 Å². The van der Waals surface area contributed by atoms with Gasteiger partial charge in [-0.25, -0.2) is 0 Å². The maximum atomic E-state index is 12.4. The lowest BCUT2D eigenvalue weighted by Gasteiger charge is -2.22. The molecule has 0 fully saturated rings. The number of ether oxygens (including phenoxy) is 1. The number of nitrogens with two attached hydrogens (primary N) is 1. The minimum absolute atomic E-state index is 0. The molecule has 0 aliphatic rings. The number of methoxy groups -OCH3 is 1. The van der Waals surface area contributed by atoms with E-state index in [9.17, 15) is 4.79 Å². The van der Waals surface area contributed by atoms with Crippen molar-refractivity contribution in [2.45, 2.75) is 19.0 Å². The average molecular weight is 335 g/mol. The molecular formula is C18H23ClN2O2. The quantitative estimate of drug-likeness (QED) is 0.883. The van der Waals surface area contributed by atoms with Crippen LogP contribution in [-0.4, -0.2) is 31.0 Å². The highest BCUT2D eigenvalue weighted by molar-refractivity contribution is 5.85. The minimum Gasteiger partial charge on any atom is -0.496 e. The van der Waals surface area contributed by atoms with Gasteiger partial charge >= 0.3 is 0 Å².